The van der Waals surface area contributed by atoms with Crippen molar-refractivity contribution in [1.29, 1.82) is 0 Å². The Morgan fingerprint density at radius 2 is 1.14 bits per heavy atom. The van der Waals surface area contributed by atoms with Crippen molar-refractivity contribution in [1.82, 2.24) is 0 Å². The highest BCUT2D eigenvalue weighted by Gasteiger charge is 2.64. The molecule has 3 aliphatic carbocycles. The van der Waals surface area contributed by atoms with Crippen LogP contribution in [0.1, 0.15) is 60.8 Å². The van der Waals surface area contributed by atoms with E-state index in [1.54, 1.807) is 0 Å². The summed E-state index contributed by atoms with van der Waals surface area (Å²) in [6, 6.07) is 0. The molecule has 1 fully saturated rings. The molecular weight excluding hydrogens is 380 g/mol. The molecule has 0 nitrogen and oxygen atoms in total. The first-order valence-corrected chi connectivity index (χ1v) is 17.3. The average Bonchev–Trinajstić information content (AvgIpc) is 2.94. The zero-order valence-electron chi connectivity index (χ0n) is 20.2. The van der Waals surface area contributed by atoms with Crippen LogP contribution in [0, 0.1) is 33.8 Å². The van der Waals surface area contributed by atoms with Crippen LogP contribution in [0.15, 0.2) is 35.5 Å². The molecule has 29 heavy (non-hydrogen) atoms. The Balaban J connectivity index is 2.21. The van der Waals surface area contributed by atoms with Crippen molar-refractivity contribution in [2.75, 3.05) is 0 Å². The third-order valence-electron chi connectivity index (χ3n) is 7.79. The Bertz CT molecular complexity index is 861. The molecule has 0 radical (unpaired) electrons. The summed E-state index contributed by atoms with van der Waals surface area (Å²) in [5.74, 6) is 7.57. The monoisotopic (exact) mass is 420 g/mol. The molecule has 0 N–H and O–H groups in total. The Morgan fingerprint density at radius 3 is 1.52 bits per heavy atom. The maximum Gasteiger partial charge on any atom is 0.146 e. The molecule has 3 rings (SSSR count). The molecule has 1 saturated carbocycles. The second kappa shape index (κ2) is 7.48. The molecule has 2 unspecified atom stereocenters. The van der Waals surface area contributed by atoms with Gasteiger partial charge in [-0.25, -0.2) is 0 Å². The lowest BCUT2D eigenvalue weighted by molar-refractivity contribution is 0.232. The highest BCUT2D eigenvalue weighted by atomic mass is 28.3. The molecule has 0 spiro atoms. The lowest BCUT2D eigenvalue weighted by Crippen LogP contribution is -2.49. The summed E-state index contributed by atoms with van der Waals surface area (Å²) in [6.07, 6.45) is 13.2. The van der Waals surface area contributed by atoms with Crippen molar-refractivity contribution in [3.05, 3.63) is 35.5 Å². The van der Waals surface area contributed by atoms with Crippen LogP contribution in [0.3, 0.4) is 0 Å². The van der Waals surface area contributed by atoms with Gasteiger partial charge in [0, 0.05) is 22.0 Å². The quantitative estimate of drug-likeness (QED) is 0.324. The van der Waals surface area contributed by atoms with Gasteiger partial charge in [0.05, 0.1) is 0 Å². The minimum Gasteiger partial charge on any atom is -0.127 e. The molecule has 0 saturated heterocycles. The number of rotatable bonds is 3. The van der Waals surface area contributed by atoms with Gasteiger partial charge in [0.25, 0.3) is 0 Å². The summed E-state index contributed by atoms with van der Waals surface area (Å²) in [4.78, 5) is 0. The van der Waals surface area contributed by atoms with E-state index in [2.05, 4.69) is 108 Å². The lowest BCUT2D eigenvalue weighted by atomic mass is 9.47. The molecule has 3 aliphatic rings. The fourth-order valence-electron chi connectivity index (χ4n) is 6.44. The van der Waals surface area contributed by atoms with Gasteiger partial charge in [0.1, 0.15) is 16.1 Å². The molecule has 156 valence electrons. The van der Waals surface area contributed by atoms with E-state index in [9.17, 15) is 0 Å². The molecule has 0 bridgehead atoms. The van der Waals surface area contributed by atoms with Gasteiger partial charge < -0.3 is 0 Å². The molecule has 0 heterocycles. The summed E-state index contributed by atoms with van der Waals surface area (Å²) in [5.41, 5.74) is 12.7. The van der Waals surface area contributed by atoms with Crippen molar-refractivity contribution in [2.45, 2.75) is 97.1 Å². The highest BCUT2D eigenvalue weighted by molar-refractivity contribution is 6.90. The molecule has 0 amide bonds. The minimum absolute atomic E-state index is 0.128. The molecule has 0 aromatic rings. The first kappa shape index (κ1) is 22.5. The van der Waals surface area contributed by atoms with Gasteiger partial charge in [-0.1, -0.05) is 104 Å². The van der Waals surface area contributed by atoms with Crippen LogP contribution in [0.2, 0.25) is 36.3 Å². The normalized spacial score (nSPS) is 28.0. The van der Waals surface area contributed by atoms with E-state index in [1.807, 2.05) is 0 Å². The summed E-state index contributed by atoms with van der Waals surface area (Å²) in [5, 5.41) is 0. The van der Waals surface area contributed by atoms with Crippen LogP contribution < -0.4 is 0 Å². The predicted octanol–water partition coefficient (Wildman–Crippen LogP) is 7.68. The Labute approximate surface area is 182 Å². The summed E-state index contributed by atoms with van der Waals surface area (Å²) in [7, 11) is -3.17. The van der Waals surface area contributed by atoms with Crippen LogP contribution in [0.25, 0.3) is 0 Å². The maximum atomic E-state index is 4.01. The van der Waals surface area contributed by atoms with E-state index in [0.29, 0.717) is 16.6 Å². The molecule has 0 aromatic heterocycles. The topological polar surface area (TPSA) is 0 Å². The summed E-state index contributed by atoms with van der Waals surface area (Å²) >= 11 is 0. The SMILES string of the molecule is CC(C)[Si](C#CC1=C(C#C[Si](C)(C)C)C23C=CC=CC12CCC3)(C(C)C)C(C)C. The smallest absolute Gasteiger partial charge is 0.127 e. The standard InChI is InChI=1S/C27H40Si2/c1-21(2)29(22(3)4,23(5)6)20-14-25-24(13-19-28(7,8)9)26-15-10-11-16-27(25,26)18-12-17-26/h10-11,15-16,21-23H,12,17-18H2,1-9H3. The third-order valence-corrected chi connectivity index (χ3v) is 15.0. The average molecular weight is 421 g/mol. The van der Waals surface area contributed by atoms with E-state index in [0.717, 1.165) is 0 Å². The number of hydrogen-bond donors (Lipinski definition) is 0. The lowest BCUT2D eigenvalue weighted by Gasteiger charge is -2.54. The van der Waals surface area contributed by atoms with Crippen LogP contribution in [-0.2, 0) is 0 Å². The predicted molar refractivity (Wildman–Crippen MR) is 134 cm³/mol. The number of allylic oxidation sites excluding steroid dienone is 6. The van der Waals surface area contributed by atoms with Crippen LogP contribution in [0.4, 0.5) is 0 Å². The fourth-order valence-corrected chi connectivity index (χ4v) is 12.2. The second-order valence-corrected chi connectivity index (χ2v) is 21.7. The van der Waals surface area contributed by atoms with Gasteiger partial charge >= 0.3 is 0 Å². The van der Waals surface area contributed by atoms with Gasteiger partial charge in [-0.3, -0.25) is 0 Å². The van der Waals surface area contributed by atoms with E-state index < -0.39 is 16.1 Å². The van der Waals surface area contributed by atoms with Crippen LogP contribution in [-0.4, -0.2) is 16.1 Å². The number of hydrogen-bond acceptors (Lipinski definition) is 0. The molecule has 2 heteroatoms. The van der Waals surface area contributed by atoms with E-state index in [-0.39, 0.29) is 10.8 Å². The van der Waals surface area contributed by atoms with E-state index in [4.69, 9.17) is 0 Å². The van der Waals surface area contributed by atoms with Crippen molar-refractivity contribution in [2.24, 2.45) is 10.8 Å². The second-order valence-electron chi connectivity index (χ2n) is 11.4. The van der Waals surface area contributed by atoms with Crippen LogP contribution in [0.5, 0.6) is 0 Å². The minimum atomic E-state index is -1.74. The van der Waals surface area contributed by atoms with Crippen molar-refractivity contribution >= 4 is 16.1 Å². The van der Waals surface area contributed by atoms with Gasteiger partial charge in [-0.2, -0.15) is 0 Å². The third kappa shape index (κ3) is 3.28. The van der Waals surface area contributed by atoms with Gasteiger partial charge in [0.15, 0.2) is 0 Å². The van der Waals surface area contributed by atoms with Gasteiger partial charge in [0.2, 0.25) is 0 Å². The molecular formula is C27H40Si2. The maximum absolute atomic E-state index is 4.01. The van der Waals surface area contributed by atoms with Crippen molar-refractivity contribution < 1.29 is 0 Å². The summed E-state index contributed by atoms with van der Waals surface area (Å²) < 4.78 is 0. The zero-order valence-corrected chi connectivity index (χ0v) is 22.2. The summed E-state index contributed by atoms with van der Waals surface area (Å²) in [6.45, 7) is 21.5. The van der Waals surface area contributed by atoms with Crippen LogP contribution >= 0.6 is 0 Å². The molecule has 2 atom stereocenters. The van der Waals surface area contributed by atoms with Crippen molar-refractivity contribution in [3.8, 4) is 22.9 Å². The van der Waals surface area contributed by atoms with Crippen molar-refractivity contribution in [3.63, 3.8) is 0 Å². The van der Waals surface area contributed by atoms with Gasteiger partial charge in [-0.05, 0) is 29.5 Å². The fraction of sp³-hybridized carbons (Fsp3) is 0.630. The highest BCUT2D eigenvalue weighted by Crippen LogP contribution is 2.71. The van der Waals surface area contributed by atoms with Gasteiger partial charge in [-0.15, -0.1) is 11.1 Å². The van der Waals surface area contributed by atoms with E-state index >= 15 is 0 Å². The largest absolute Gasteiger partial charge is 0.146 e. The van der Waals surface area contributed by atoms with E-state index in [1.165, 1.54) is 30.4 Å². The zero-order chi connectivity index (χ0) is 21.7. The molecule has 0 aliphatic heterocycles. The Kier molecular flexibility index (Phi) is 5.79. The molecule has 0 aromatic carbocycles. The Hall–Kier alpha value is -1.23. The first-order valence-electron chi connectivity index (χ1n) is 11.6. The Morgan fingerprint density at radius 1 is 0.724 bits per heavy atom. The first-order chi connectivity index (χ1) is 13.4.